The average molecular weight is 533 g/mol. The van der Waals surface area contributed by atoms with Crippen LogP contribution in [0, 0.1) is 5.82 Å². The molecule has 12 heteroatoms. The van der Waals surface area contributed by atoms with Crippen molar-refractivity contribution in [2.45, 2.75) is 11.2 Å². The van der Waals surface area contributed by atoms with Crippen LogP contribution in [0.25, 0.3) is 0 Å². The van der Waals surface area contributed by atoms with Crippen molar-refractivity contribution in [1.29, 1.82) is 0 Å². The zero-order valence-corrected chi connectivity index (χ0v) is 20.0. The van der Waals surface area contributed by atoms with E-state index < -0.39 is 22.8 Å². The minimum atomic E-state index is -3.60. The van der Waals surface area contributed by atoms with Gasteiger partial charge in [0.25, 0.3) is 0 Å². The molecule has 2 aliphatic rings. The van der Waals surface area contributed by atoms with E-state index in [4.69, 9.17) is 25.8 Å². The molecule has 192 valence electrons. The predicted octanol–water partition coefficient (Wildman–Crippen LogP) is 5.53. The lowest BCUT2D eigenvalue weighted by molar-refractivity contribution is 0.158. The first-order valence-electron chi connectivity index (χ1n) is 11.0. The normalized spacial score (nSPS) is 19.6. The second-order valence-corrected chi connectivity index (χ2v) is 8.56. The van der Waals surface area contributed by atoms with Crippen LogP contribution in [-0.4, -0.2) is 48.6 Å². The number of hydrogen-bond donors (Lipinski definition) is 2. The van der Waals surface area contributed by atoms with E-state index >= 15 is 0 Å². The van der Waals surface area contributed by atoms with Gasteiger partial charge in [0.1, 0.15) is 19.0 Å². The molecule has 0 saturated carbocycles. The first kappa shape index (κ1) is 24.6. The largest absolute Gasteiger partial charge is 0.508 e. The molecule has 0 saturated heterocycles. The summed E-state index contributed by atoms with van der Waals surface area (Å²) >= 11 is 6.81. The van der Waals surface area contributed by atoms with Gasteiger partial charge in [-0.3, -0.25) is 4.90 Å². The monoisotopic (exact) mass is 532 g/mol. The topological polar surface area (TPSA) is 87.9 Å². The number of rotatable bonds is 5. The Morgan fingerprint density at radius 3 is 2.54 bits per heavy atom. The van der Waals surface area contributed by atoms with Gasteiger partial charge in [-0.25, -0.2) is 14.4 Å². The molecule has 1 atom stereocenters. The van der Waals surface area contributed by atoms with Gasteiger partial charge in [0.05, 0.1) is 24.7 Å². The van der Waals surface area contributed by atoms with Crippen LogP contribution in [0.5, 0.6) is 23.0 Å². The van der Waals surface area contributed by atoms with Crippen molar-refractivity contribution in [3.63, 3.8) is 0 Å². The van der Waals surface area contributed by atoms with Gasteiger partial charge >= 0.3 is 11.2 Å². The summed E-state index contributed by atoms with van der Waals surface area (Å²) in [5.74, 6) is -4.41. The molecule has 3 aromatic carbocycles. The van der Waals surface area contributed by atoms with E-state index in [1.54, 1.807) is 12.1 Å². The Hall–Kier alpha value is -4.12. The molecule has 3 aromatic rings. The van der Waals surface area contributed by atoms with Crippen molar-refractivity contribution in [3.8, 4) is 23.0 Å². The van der Waals surface area contributed by atoms with Crippen LogP contribution >= 0.6 is 11.6 Å². The quantitative estimate of drug-likeness (QED) is 0.332. The maximum absolute atomic E-state index is 15.0. The zero-order chi connectivity index (χ0) is 26.2. The van der Waals surface area contributed by atoms with Crippen LogP contribution in [-0.2, 0) is 0 Å². The minimum absolute atomic E-state index is 0.119. The van der Waals surface area contributed by atoms with Crippen LogP contribution in [0.1, 0.15) is 0 Å². The summed E-state index contributed by atoms with van der Waals surface area (Å²) in [5.41, 5.74) is 0.710. The van der Waals surface area contributed by atoms with Crippen molar-refractivity contribution in [3.05, 3.63) is 66.5 Å². The number of amidine groups is 1. The van der Waals surface area contributed by atoms with E-state index in [-0.39, 0.29) is 28.6 Å². The fourth-order valence-electron chi connectivity index (χ4n) is 3.84. The Labute approximate surface area is 214 Å². The maximum atomic E-state index is 15.0. The molecular formula is C25H20ClF3N4O4. The van der Waals surface area contributed by atoms with E-state index in [1.807, 2.05) is 0 Å². The third-order valence-electron chi connectivity index (χ3n) is 5.53. The third kappa shape index (κ3) is 4.82. The van der Waals surface area contributed by atoms with Crippen molar-refractivity contribution in [1.82, 2.24) is 0 Å². The Morgan fingerprint density at radius 1 is 1.03 bits per heavy atom. The summed E-state index contributed by atoms with van der Waals surface area (Å²) in [6.07, 6.45) is 0.379. The lowest BCUT2D eigenvalue weighted by Crippen LogP contribution is -2.48. The number of nitrogens with zero attached hydrogens (tertiary/aromatic N) is 3. The lowest BCUT2D eigenvalue weighted by atomic mass is 10.2. The number of aliphatic imine (C=N–C) groups is 2. The molecule has 0 aromatic heterocycles. The summed E-state index contributed by atoms with van der Waals surface area (Å²) in [4.78, 5) is 9.22. The number of fused-ring (bicyclic) bond motifs is 1. The van der Waals surface area contributed by atoms with Gasteiger partial charge in [0.2, 0.25) is 0 Å². The van der Waals surface area contributed by atoms with E-state index in [2.05, 4.69) is 15.3 Å². The summed E-state index contributed by atoms with van der Waals surface area (Å²) in [6.45, 7) is 0.708. The van der Waals surface area contributed by atoms with Gasteiger partial charge in [-0.05, 0) is 48.0 Å². The van der Waals surface area contributed by atoms with Gasteiger partial charge in [-0.15, -0.1) is 0 Å². The van der Waals surface area contributed by atoms with Gasteiger partial charge < -0.3 is 24.6 Å². The number of halogens is 4. The van der Waals surface area contributed by atoms with E-state index in [9.17, 15) is 18.3 Å². The second-order valence-electron chi connectivity index (χ2n) is 8.05. The van der Waals surface area contributed by atoms with Crippen LogP contribution in [0.3, 0.4) is 0 Å². The van der Waals surface area contributed by atoms with Gasteiger partial charge in [0.15, 0.2) is 28.9 Å². The summed E-state index contributed by atoms with van der Waals surface area (Å²) in [6, 6.07) is 14.3. The average Bonchev–Trinajstić information content (AvgIpc) is 2.88. The molecule has 0 aliphatic carbocycles. The van der Waals surface area contributed by atoms with Gasteiger partial charge in [0, 0.05) is 23.9 Å². The minimum Gasteiger partial charge on any atom is -0.508 e. The molecule has 5 rings (SSSR count). The van der Waals surface area contributed by atoms with Crippen LogP contribution < -0.4 is 24.4 Å². The number of ether oxygens (including phenoxy) is 3. The van der Waals surface area contributed by atoms with Crippen LogP contribution in [0.15, 0.2) is 70.6 Å². The Kier molecular flexibility index (Phi) is 6.24. The van der Waals surface area contributed by atoms with Crippen LogP contribution in [0.4, 0.5) is 30.2 Å². The zero-order valence-electron chi connectivity index (χ0n) is 19.3. The van der Waals surface area contributed by atoms with Crippen molar-refractivity contribution >= 4 is 40.7 Å². The fourth-order valence-corrected chi connectivity index (χ4v) is 4.17. The second kappa shape index (κ2) is 9.40. The molecule has 2 aliphatic heterocycles. The van der Waals surface area contributed by atoms with Crippen molar-refractivity contribution in [2.75, 3.05) is 30.5 Å². The SMILES string of the molecule is COc1cc(N(c2cccc(O)c2)C2(Cl)N=CC(F)(F)C(Nc3ccc4c(c3)OCCO4)=N2)ccc1F. The molecule has 0 radical (unpaired) electrons. The molecule has 1 unspecified atom stereocenters. The van der Waals surface area contributed by atoms with E-state index in [0.717, 1.165) is 6.07 Å². The number of hydrogen-bond acceptors (Lipinski definition) is 8. The molecule has 0 bridgehead atoms. The number of phenols is 1. The highest BCUT2D eigenvalue weighted by molar-refractivity contribution is 6.28. The molecular weight excluding hydrogens is 513 g/mol. The first-order chi connectivity index (χ1) is 17.7. The number of anilines is 3. The van der Waals surface area contributed by atoms with Crippen molar-refractivity contribution in [2.24, 2.45) is 9.98 Å². The number of phenolic OH excluding ortho intramolecular Hbond substituents is 1. The van der Waals surface area contributed by atoms with Crippen LogP contribution in [0.2, 0.25) is 0 Å². The highest BCUT2D eigenvalue weighted by Gasteiger charge is 2.47. The lowest BCUT2D eigenvalue weighted by Gasteiger charge is -2.38. The van der Waals surface area contributed by atoms with Gasteiger partial charge in [-0.1, -0.05) is 6.07 Å². The van der Waals surface area contributed by atoms with Gasteiger partial charge in [-0.2, -0.15) is 8.78 Å². The number of alkyl halides is 3. The molecule has 0 amide bonds. The Balaban J connectivity index is 1.59. The molecule has 37 heavy (non-hydrogen) atoms. The number of benzene rings is 3. The van der Waals surface area contributed by atoms with Crippen molar-refractivity contribution < 1.29 is 32.5 Å². The molecule has 0 spiro atoms. The standard InChI is InChI=1S/C25H20ClF3N4O4/c1-35-21-13-17(6-7-19(21)27)33(16-3-2-4-18(34)12-16)25(26)30-14-24(28,29)23(32-25)31-15-5-8-20-22(11-15)37-10-9-36-20/h2-8,11-14,34H,9-10H2,1H3,(H,31,32). The third-order valence-corrected chi connectivity index (χ3v) is 5.88. The molecule has 0 fully saturated rings. The maximum Gasteiger partial charge on any atom is 0.339 e. The van der Waals surface area contributed by atoms with E-state index in [1.165, 1.54) is 54.5 Å². The Bertz CT molecular complexity index is 1400. The molecule has 8 nitrogen and oxygen atoms in total. The number of methoxy groups -OCH3 is 1. The fraction of sp³-hybridized carbons (Fsp3) is 0.200. The molecule has 2 N–H and O–H groups in total. The summed E-state index contributed by atoms with van der Waals surface area (Å²) in [7, 11) is 1.28. The Morgan fingerprint density at radius 2 is 1.78 bits per heavy atom. The first-order valence-corrected chi connectivity index (χ1v) is 11.4. The summed E-state index contributed by atoms with van der Waals surface area (Å²) in [5, 5.41) is 10.5. The van der Waals surface area contributed by atoms with E-state index in [0.29, 0.717) is 30.9 Å². The number of nitrogens with one attached hydrogen (secondary N) is 1. The smallest absolute Gasteiger partial charge is 0.339 e. The highest BCUT2D eigenvalue weighted by atomic mass is 35.5. The highest BCUT2D eigenvalue weighted by Crippen LogP contribution is 2.43. The number of aromatic hydroxyl groups is 1. The molecule has 2 heterocycles. The predicted molar refractivity (Wildman–Crippen MR) is 134 cm³/mol. The summed E-state index contributed by atoms with van der Waals surface area (Å²) < 4.78 is 60.1.